The number of rotatable bonds is 3. The fraction of sp³-hybridized carbons (Fsp3) is 0.150. The van der Waals surface area contributed by atoms with Gasteiger partial charge >= 0.3 is 5.63 Å². The Kier molecular flexibility index (Phi) is 5.01. The van der Waals surface area contributed by atoms with Gasteiger partial charge in [0.25, 0.3) is 5.91 Å². The number of halogens is 1. The van der Waals surface area contributed by atoms with E-state index in [9.17, 15) is 14.4 Å². The lowest BCUT2D eigenvalue weighted by atomic mass is 10.1. The van der Waals surface area contributed by atoms with E-state index in [2.05, 4.69) is 10.6 Å². The maximum absolute atomic E-state index is 12.6. The molecule has 3 aromatic rings. The largest absolute Gasteiger partial charge is 0.423 e. The second-order valence-electron chi connectivity index (χ2n) is 6.24. The number of carbonyl (C=O) groups is 2. The Labute approximate surface area is 160 Å². The first-order valence-electron chi connectivity index (χ1n) is 8.18. The molecule has 0 aliphatic carbocycles. The summed E-state index contributed by atoms with van der Waals surface area (Å²) in [6, 6.07) is 9.55. The summed E-state index contributed by atoms with van der Waals surface area (Å²) in [6.07, 6.45) is 0. The Hall–Kier alpha value is -3.12. The Morgan fingerprint density at radius 3 is 2.41 bits per heavy atom. The molecule has 0 radical (unpaired) electrons. The van der Waals surface area contributed by atoms with Crippen molar-refractivity contribution < 1.29 is 14.0 Å². The zero-order valence-electron chi connectivity index (χ0n) is 15.0. The van der Waals surface area contributed by atoms with Crippen molar-refractivity contribution in [2.24, 2.45) is 0 Å². The van der Waals surface area contributed by atoms with Gasteiger partial charge in [-0.1, -0.05) is 11.6 Å². The molecule has 0 spiro atoms. The number of hydrogen-bond acceptors (Lipinski definition) is 4. The summed E-state index contributed by atoms with van der Waals surface area (Å²) < 4.78 is 5.21. The van der Waals surface area contributed by atoms with Gasteiger partial charge in [0.2, 0.25) is 5.91 Å². The van der Waals surface area contributed by atoms with Crippen LogP contribution in [0.2, 0.25) is 5.02 Å². The summed E-state index contributed by atoms with van der Waals surface area (Å²) in [5.41, 5.74) is 2.94. The molecule has 1 aromatic heterocycles. The van der Waals surface area contributed by atoms with Gasteiger partial charge in [-0.15, -0.1) is 0 Å². The van der Waals surface area contributed by atoms with Crippen LogP contribution in [0, 0.1) is 13.8 Å². The molecular formula is C20H17ClN2O4. The molecule has 0 saturated carbocycles. The van der Waals surface area contributed by atoms with Crippen molar-refractivity contribution in [1.82, 2.24) is 0 Å². The van der Waals surface area contributed by atoms with Gasteiger partial charge in [0.05, 0.1) is 10.6 Å². The van der Waals surface area contributed by atoms with Crippen molar-refractivity contribution in [2.45, 2.75) is 20.8 Å². The van der Waals surface area contributed by atoms with E-state index < -0.39 is 5.63 Å². The maximum atomic E-state index is 12.6. The van der Waals surface area contributed by atoms with Crippen molar-refractivity contribution in [1.29, 1.82) is 0 Å². The van der Waals surface area contributed by atoms with Crippen LogP contribution in [0.5, 0.6) is 0 Å². The third-order valence-electron chi connectivity index (χ3n) is 4.08. The second kappa shape index (κ2) is 7.25. The molecule has 3 rings (SSSR count). The zero-order valence-corrected chi connectivity index (χ0v) is 15.7. The van der Waals surface area contributed by atoms with Crippen LogP contribution < -0.4 is 16.3 Å². The molecule has 1 heterocycles. The predicted octanol–water partition coefficient (Wildman–Crippen LogP) is 4.27. The normalized spacial score (nSPS) is 10.7. The molecule has 138 valence electrons. The van der Waals surface area contributed by atoms with Crippen LogP contribution in [0.1, 0.15) is 28.4 Å². The molecule has 0 saturated heterocycles. The van der Waals surface area contributed by atoms with Crippen molar-refractivity contribution in [2.75, 3.05) is 10.6 Å². The Morgan fingerprint density at radius 2 is 1.74 bits per heavy atom. The van der Waals surface area contributed by atoms with Crippen LogP contribution in [0.3, 0.4) is 0 Å². The summed E-state index contributed by atoms with van der Waals surface area (Å²) in [4.78, 5) is 35.3. The molecule has 7 heteroatoms. The summed E-state index contributed by atoms with van der Waals surface area (Å²) >= 11 is 6.19. The molecule has 0 atom stereocenters. The molecule has 6 nitrogen and oxygen atoms in total. The lowest BCUT2D eigenvalue weighted by molar-refractivity contribution is -0.114. The van der Waals surface area contributed by atoms with Crippen molar-refractivity contribution in [3.63, 3.8) is 0 Å². The number of carbonyl (C=O) groups excluding carboxylic acids is 2. The lowest BCUT2D eigenvalue weighted by Gasteiger charge is -2.12. The van der Waals surface area contributed by atoms with Crippen LogP contribution in [0.25, 0.3) is 11.0 Å². The number of hydrogen-bond donors (Lipinski definition) is 2. The minimum absolute atomic E-state index is 0.222. The van der Waals surface area contributed by atoms with Gasteiger partial charge in [0.1, 0.15) is 5.58 Å². The highest BCUT2D eigenvalue weighted by Gasteiger charge is 2.14. The molecule has 0 fully saturated rings. The van der Waals surface area contributed by atoms with Crippen LogP contribution in [0.15, 0.2) is 45.6 Å². The average Bonchev–Trinajstić information content (AvgIpc) is 2.55. The van der Waals surface area contributed by atoms with E-state index in [-0.39, 0.29) is 22.4 Å². The van der Waals surface area contributed by atoms with E-state index >= 15 is 0 Å². The number of anilines is 2. The van der Waals surface area contributed by atoms with Gasteiger partial charge in [-0.05, 0) is 55.3 Å². The average molecular weight is 385 g/mol. The lowest BCUT2D eigenvalue weighted by Crippen LogP contribution is -2.14. The number of amides is 2. The van der Waals surface area contributed by atoms with E-state index in [1.807, 2.05) is 0 Å². The number of fused-ring (bicyclic) bond motifs is 1. The maximum Gasteiger partial charge on any atom is 0.336 e. The molecule has 2 N–H and O–H groups in total. The fourth-order valence-corrected chi connectivity index (χ4v) is 3.04. The summed E-state index contributed by atoms with van der Waals surface area (Å²) in [6.45, 7) is 5.00. The highest BCUT2D eigenvalue weighted by atomic mass is 35.5. The van der Waals surface area contributed by atoms with Crippen LogP contribution in [0.4, 0.5) is 11.4 Å². The van der Waals surface area contributed by atoms with Gasteiger partial charge in [0, 0.05) is 29.8 Å². The summed E-state index contributed by atoms with van der Waals surface area (Å²) in [5.74, 6) is -0.607. The molecule has 2 aromatic carbocycles. The Morgan fingerprint density at radius 1 is 1.00 bits per heavy atom. The predicted molar refractivity (Wildman–Crippen MR) is 106 cm³/mol. The van der Waals surface area contributed by atoms with E-state index in [4.69, 9.17) is 16.0 Å². The third-order valence-corrected chi connectivity index (χ3v) is 4.39. The molecule has 27 heavy (non-hydrogen) atoms. The Balaban J connectivity index is 1.93. The van der Waals surface area contributed by atoms with Gasteiger partial charge in [0.15, 0.2) is 0 Å². The number of nitrogens with one attached hydrogen (secondary N) is 2. The summed E-state index contributed by atoms with van der Waals surface area (Å²) in [5, 5.41) is 6.40. The molecule has 0 aliphatic rings. The monoisotopic (exact) mass is 384 g/mol. The number of aryl methyl sites for hydroxylation is 2. The van der Waals surface area contributed by atoms with Gasteiger partial charge in [-0.2, -0.15) is 0 Å². The van der Waals surface area contributed by atoms with Gasteiger partial charge < -0.3 is 15.1 Å². The molecule has 2 amide bonds. The van der Waals surface area contributed by atoms with Crippen molar-refractivity contribution in [3.05, 3.63) is 68.5 Å². The minimum Gasteiger partial charge on any atom is -0.423 e. The highest BCUT2D eigenvalue weighted by Crippen LogP contribution is 2.27. The molecule has 0 unspecified atom stereocenters. The Bertz CT molecular complexity index is 1130. The van der Waals surface area contributed by atoms with Gasteiger partial charge in [-0.25, -0.2) is 4.79 Å². The quantitative estimate of drug-likeness (QED) is 0.660. The van der Waals surface area contributed by atoms with Crippen molar-refractivity contribution in [3.8, 4) is 0 Å². The number of benzene rings is 2. The zero-order chi connectivity index (χ0) is 19.7. The van der Waals surface area contributed by atoms with E-state index in [1.54, 1.807) is 38.1 Å². The van der Waals surface area contributed by atoms with Crippen molar-refractivity contribution >= 4 is 45.8 Å². The SMILES string of the molecule is CC(=O)Nc1ccc(C(=O)Nc2cc3c(C)cc(=O)oc3cc2C)c(Cl)c1. The molecule has 0 aliphatic heterocycles. The molecule has 0 bridgehead atoms. The van der Waals surface area contributed by atoms with E-state index in [0.29, 0.717) is 17.0 Å². The van der Waals surface area contributed by atoms with Crippen LogP contribution >= 0.6 is 11.6 Å². The standard InChI is InChI=1S/C20H17ClN2O4/c1-10-7-19(25)27-18-6-11(2)17(9-15(10)18)23-20(26)14-5-4-13(8-16(14)21)22-12(3)24/h4-9H,1-3H3,(H,22,24)(H,23,26). The second-order valence-corrected chi connectivity index (χ2v) is 6.65. The van der Waals surface area contributed by atoms with Gasteiger partial charge in [-0.3, -0.25) is 9.59 Å². The minimum atomic E-state index is -0.415. The van der Waals surface area contributed by atoms with E-state index in [0.717, 1.165) is 16.5 Å². The first-order valence-corrected chi connectivity index (χ1v) is 8.56. The fourth-order valence-electron chi connectivity index (χ4n) is 2.77. The highest BCUT2D eigenvalue weighted by molar-refractivity contribution is 6.34. The summed E-state index contributed by atoms with van der Waals surface area (Å²) in [7, 11) is 0. The first kappa shape index (κ1) is 18.7. The smallest absolute Gasteiger partial charge is 0.336 e. The third kappa shape index (κ3) is 4.01. The molecular weight excluding hydrogens is 368 g/mol. The van der Waals surface area contributed by atoms with E-state index in [1.165, 1.54) is 19.1 Å². The first-order chi connectivity index (χ1) is 12.7. The van der Waals surface area contributed by atoms with Crippen LogP contribution in [-0.4, -0.2) is 11.8 Å². The topological polar surface area (TPSA) is 88.4 Å². The van der Waals surface area contributed by atoms with Crippen LogP contribution in [-0.2, 0) is 4.79 Å².